The lowest BCUT2D eigenvalue weighted by Gasteiger charge is -2.10. The van der Waals surface area contributed by atoms with E-state index < -0.39 is 0 Å². The average molecular weight is 353 g/mol. The minimum atomic E-state index is 0.187. The van der Waals surface area contributed by atoms with Crippen LogP contribution in [0, 0.1) is 6.92 Å². The van der Waals surface area contributed by atoms with Crippen LogP contribution >= 0.6 is 11.8 Å². The Hall–Kier alpha value is -2.80. The zero-order valence-electron chi connectivity index (χ0n) is 14.1. The Morgan fingerprint density at radius 1 is 1.04 bits per heavy atom. The van der Waals surface area contributed by atoms with Crippen LogP contribution in [0.4, 0.5) is 17.6 Å². The summed E-state index contributed by atoms with van der Waals surface area (Å²) in [6.07, 6.45) is 0. The number of para-hydroxylation sites is 2. The van der Waals surface area contributed by atoms with Gasteiger partial charge >= 0.3 is 0 Å². The number of benzene rings is 2. The Kier molecular flexibility index (Phi) is 5.35. The van der Waals surface area contributed by atoms with Crippen molar-refractivity contribution in [3.8, 4) is 5.75 Å². The highest BCUT2D eigenvalue weighted by Gasteiger charge is 2.08. The van der Waals surface area contributed by atoms with Crippen molar-refractivity contribution in [1.82, 2.24) is 15.0 Å². The molecule has 2 aromatic carbocycles. The predicted octanol–water partition coefficient (Wildman–Crippen LogP) is 3.81. The number of methoxy groups -OCH3 is 1. The SMILES string of the molecule is COc1ccccc1Nc1nc(N)nc(CSc2ccc(C)cc2)n1. The molecule has 1 heterocycles. The summed E-state index contributed by atoms with van der Waals surface area (Å²) in [6.45, 7) is 2.07. The van der Waals surface area contributed by atoms with Crippen LogP contribution in [-0.4, -0.2) is 22.1 Å². The van der Waals surface area contributed by atoms with E-state index in [0.717, 1.165) is 10.6 Å². The second-order valence-corrected chi connectivity index (χ2v) is 6.41. The van der Waals surface area contributed by atoms with E-state index in [-0.39, 0.29) is 5.95 Å². The molecule has 0 unspecified atom stereocenters. The van der Waals surface area contributed by atoms with Crippen molar-refractivity contribution in [2.75, 3.05) is 18.2 Å². The number of thioether (sulfide) groups is 1. The number of anilines is 3. The molecule has 0 aliphatic rings. The van der Waals surface area contributed by atoms with Gasteiger partial charge in [0.1, 0.15) is 11.6 Å². The predicted molar refractivity (Wildman–Crippen MR) is 101 cm³/mol. The fourth-order valence-electron chi connectivity index (χ4n) is 2.21. The molecule has 0 saturated heterocycles. The number of hydrogen-bond acceptors (Lipinski definition) is 7. The Bertz CT molecular complexity index is 854. The maximum atomic E-state index is 5.83. The van der Waals surface area contributed by atoms with Crippen LogP contribution < -0.4 is 15.8 Å². The first kappa shape index (κ1) is 17.0. The second kappa shape index (κ2) is 7.85. The molecular weight excluding hydrogens is 334 g/mol. The lowest BCUT2D eigenvalue weighted by Crippen LogP contribution is -2.07. The molecule has 25 heavy (non-hydrogen) atoms. The molecule has 3 aromatic rings. The highest BCUT2D eigenvalue weighted by atomic mass is 32.2. The Morgan fingerprint density at radius 2 is 1.80 bits per heavy atom. The minimum absolute atomic E-state index is 0.187. The Labute approximate surface area is 150 Å². The summed E-state index contributed by atoms with van der Waals surface area (Å²) in [6, 6.07) is 15.9. The molecule has 7 heteroatoms. The molecule has 0 aliphatic carbocycles. The molecule has 0 amide bonds. The Morgan fingerprint density at radius 3 is 2.56 bits per heavy atom. The van der Waals surface area contributed by atoms with Crippen LogP contribution in [-0.2, 0) is 5.75 Å². The van der Waals surface area contributed by atoms with Crippen molar-refractivity contribution in [2.24, 2.45) is 0 Å². The minimum Gasteiger partial charge on any atom is -0.495 e. The van der Waals surface area contributed by atoms with E-state index in [1.54, 1.807) is 18.9 Å². The molecule has 0 fully saturated rings. The molecule has 0 spiro atoms. The van der Waals surface area contributed by atoms with E-state index in [1.807, 2.05) is 24.3 Å². The highest BCUT2D eigenvalue weighted by Crippen LogP contribution is 2.26. The number of rotatable bonds is 6. The van der Waals surface area contributed by atoms with Crippen LogP contribution in [0.3, 0.4) is 0 Å². The number of aromatic nitrogens is 3. The molecule has 0 bridgehead atoms. The van der Waals surface area contributed by atoms with Crippen LogP contribution in [0.5, 0.6) is 5.75 Å². The zero-order valence-corrected chi connectivity index (χ0v) is 14.9. The number of nitrogens with two attached hydrogens (primary N) is 1. The molecule has 0 atom stereocenters. The summed E-state index contributed by atoms with van der Waals surface area (Å²) in [5.74, 6) is 2.52. The molecule has 3 N–H and O–H groups in total. The summed E-state index contributed by atoms with van der Waals surface area (Å²) >= 11 is 1.65. The van der Waals surface area contributed by atoms with Gasteiger partial charge in [0.25, 0.3) is 0 Å². The summed E-state index contributed by atoms with van der Waals surface area (Å²) < 4.78 is 5.32. The largest absolute Gasteiger partial charge is 0.495 e. The lowest BCUT2D eigenvalue weighted by atomic mass is 10.2. The van der Waals surface area contributed by atoms with Crippen molar-refractivity contribution in [1.29, 1.82) is 0 Å². The van der Waals surface area contributed by atoms with Gasteiger partial charge in [0.15, 0.2) is 0 Å². The molecule has 1 aromatic heterocycles. The van der Waals surface area contributed by atoms with Gasteiger partial charge in [0.05, 0.1) is 18.6 Å². The third-order valence-corrected chi connectivity index (χ3v) is 4.45. The van der Waals surface area contributed by atoms with Crippen LogP contribution in [0.2, 0.25) is 0 Å². The number of ether oxygens (including phenoxy) is 1. The summed E-state index contributed by atoms with van der Waals surface area (Å²) in [7, 11) is 1.62. The number of hydrogen-bond donors (Lipinski definition) is 2. The molecule has 6 nitrogen and oxygen atoms in total. The van der Waals surface area contributed by atoms with Gasteiger partial charge in [-0.1, -0.05) is 29.8 Å². The van der Waals surface area contributed by atoms with Gasteiger partial charge in [-0.05, 0) is 31.2 Å². The van der Waals surface area contributed by atoms with Gasteiger partial charge in [-0.2, -0.15) is 15.0 Å². The average Bonchev–Trinajstić information content (AvgIpc) is 2.61. The first-order valence-electron chi connectivity index (χ1n) is 7.74. The van der Waals surface area contributed by atoms with Gasteiger partial charge in [-0.15, -0.1) is 11.8 Å². The van der Waals surface area contributed by atoms with Crippen LogP contribution in [0.25, 0.3) is 0 Å². The maximum absolute atomic E-state index is 5.83. The van der Waals surface area contributed by atoms with Crippen molar-refractivity contribution < 1.29 is 4.74 Å². The summed E-state index contributed by atoms with van der Waals surface area (Å²) in [5.41, 5.74) is 7.83. The highest BCUT2D eigenvalue weighted by molar-refractivity contribution is 7.98. The van der Waals surface area contributed by atoms with Crippen molar-refractivity contribution >= 4 is 29.3 Å². The lowest BCUT2D eigenvalue weighted by molar-refractivity contribution is 0.417. The molecule has 0 saturated carbocycles. The molecular formula is C18H19N5OS. The molecule has 0 radical (unpaired) electrons. The number of aryl methyl sites for hydroxylation is 1. The van der Waals surface area contributed by atoms with E-state index in [4.69, 9.17) is 10.5 Å². The first-order chi connectivity index (χ1) is 12.1. The standard InChI is InChI=1S/C18H19N5OS/c1-12-7-9-13(10-8-12)25-11-16-21-17(19)23-18(22-16)20-14-5-3-4-6-15(14)24-2/h3-10H,11H2,1-2H3,(H3,19,20,21,22,23). The molecule has 128 valence electrons. The third-order valence-electron chi connectivity index (χ3n) is 3.44. The first-order valence-corrected chi connectivity index (χ1v) is 8.72. The van der Waals surface area contributed by atoms with Crippen molar-refractivity contribution in [3.05, 3.63) is 59.9 Å². The van der Waals surface area contributed by atoms with Crippen molar-refractivity contribution in [3.63, 3.8) is 0 Å². The van der Waals surface area contributed by atoms with Crippen LogP contribution in [0.15, 0.2) is 53.4 Å². The smallest absolute Gasteiger partial charge is 0.232 e. The molecule has 0 aliphatic heterocycles. The topological polar surface area (TPSA) is 86.0 Å². The summed E-state index contributed by atoms with van der Waals surface area (Å²) in [5, 5.41) is 3.13. The van der Waals surface area contributed by atoms with E-state index in [0.29, 0.717) is 23.3 Å². The van der Waals surface area contributed by atoms with Gasteiger partial charge in [0, 0.05) is 4.90 Å². The second-order valence-electron chi connectivity index (χ2n) is 5.36. The van der Waals surface area contributed by atoms with E-state index >= 15 is 0 Å². The number of nitrogens with zero attached hydrogens (tertiary/aromatic N) is 3. The third kappa shape index (κ3) is 4.60. The van der Waals surface area contributed by atoms with Crippen molar-refractivity contribution in [2.45, 2.75) is 17.6 Å². The monoisotopic (exact) mass is 353 g/mol. The summed E-state index contributed by atoms with van der Waals surface area (Å²) in [4.78, 5) is 14.0. The normalized spacial score (nSPS) is 10.5. The zero-order chi connectivity index (χ0) is 17.6. The van der Waals surface area contributed by atoms with Crippen LogP contribution in [0.1, 0.15) is 11.4 Å². The van der Waals surface area contributed by atoms with Gasteiger partial charge in [-0.3, -0.25) is 0 Å². The number of nitrogens with one attached hydrogen (secondary N) is 1. The maximum Gasteiger partial charge on any atom is 0.232 e. The van der Waals surface area contributed by atoms with Gasteiger partial charge in [0.2, 0.25) is 11.9 Å². The fourth-order valence-corrected chi connectivity index (χ4v) is 2.96. The van der Waals surface area contributed by atoms with E-state index in [2.05, 4.69) is 51.5 Å². The quantitative estimate of drug-likeness (QED) is 0.652. The fraction of sp³-hybridized carbons (Fsp3) is 0.167. The Balaban J connectivity index is 1.75. The van der Waals surface area contributed by atoms with Gasteiger partial charge in [-0.25, -0.2) is 0 Å². The van der Waals surface area contributed by atoms with Gasteiger partial charge < -0.3 is 15.8 Å². The van der Waals surface area contributed by atoms with E-state index in [9.17, 15) is 0 Å². The number of nitrogen functional groups attached to an aromatic ring is 1. The molecule has 3 rings (SSSR count). The van der Waals surface area contributed by atoms with E-state index in [1.165, 1.54) is 5.56 Å².